The van der Waals surface area contributed by atoms with E-state index in [1.807, 2.05) is 18.7 Å². The van der Waals surface area contributed by atoms with E-state index in [0.29, 0.717) is 12.5 Å². The highest BCUT2D eigenvalue weighted by Gasteiger charge is 2.27. The number of hydrogen-bond acceptors (Lipinski definition) is 6. The first-order valence-corrected chi connectivity index (χ1v) is 8.76. The van der Waals surface area contributed by atoms with Crippen LogP contribution in [-0.2, 0) is 22.9 Å². The van der Waals surface area contributed by atoms with Crippen LogP contribution in [0.25, 0.3) is 0 Å². The normalized spacial score (nSPS) is 19.6. The van der Waals surface area contributed by atoms with E-state index in [0.717, 1.165) is 37.2 Å². The van der Waals surface area contributed by atoms with Gasteiger partial charge in [-0.3, -0.25) is 0 Å². The van der Waals surface area contributed by atoms with Crippen molar-refractivity contribution in [2.45, 2.75) is 39.2 Å². The van der Waals surface area contributed by atoms with Crippen LogP contribution in [0.1, 0.15) is 31.7 Å². The summed E-state index contributed by atoms with van der Waals surface area (Å²) in [6, 6.07) is -0.0791. The van der Waals surface area contributed by atoms with Crippen molar-refractivity contribution in [3.63, 3.8) is 0 Å². The predicted molar refractivity (Wildman–Crippen MR) is 77.2 cm³/mol. The molecule has 0 spiro atoms. The third kappa shape index (κ3) is 3.63. The lowest BCUT2D eigenvalue weighted by Crippen LogP contribution is -2.36. The molecule has 0 amide bonds. The summed E-state index contributed by atoms with van der Waals surface area (Å²) in [5.41, 5.74) is 1.90. The van der Waals surface area contributed by atoms with Gasteiger partial charge in [-0.2, -0.15) is 5.10 Å². The molecule has 1 atom stereocenters. The smallest absolute Gasteiger partial charge is 0.245 e. The van der Waals surface area contributed by atoms with Gasteiger partial charge in [-0.1, -0.05) is 13.8 Å². The zero-order chi connectivity index (χ0) is 14.8. The molecule has 0 radical (unpaired) electrons. The maximum atomic E-state index is 11.2. The molecule has 2 heterocycles. The highest BCUT2D eigenvalue weighted by atomic mass is 32.2. The minimum absolute atomic E-state index is 0.0791. The van der Waals surface area contributed by atoms with Crippen LogP contribution in [0.4, 0.5) is 5.95 Å². The summed E-state index contributed by atoms with van der Waals surface area (Å²) in [6.45, 7) is 5.41. The molecule has 8 heteroatoms. The third-order valence-electron chi connectivity index (χ3n) is 3.35. The largest absolute Gasteiger partial charge is 0.338 e. The van der Waals surface area contributed by atoms with E-state index >= 15 is 0 Å². The van der Waals surface area contributed by atoms with Gasteiger partial charge >= 0.3 is 0 Å². The van der Waals surface area contributed by atoms with Crippen molar-refractivity contribution in [1.82, 2.24) is 19.9 Å². The van der Waals surface area contributed by atoms with Crippen LogP contribution < -0.4 is 9.62 Å². The van der Waals surface area contributed by atoms with Gasteiger partial charge in [0, 0.05) is 19.1 Å². The molecule has 1 unspecified atom stereocenters. The van der Waals surface area contributed by atoms with Gasteiger partial charge in [-0.25, -0.2) is 18.1 Å². The number of anilines is 1. The van der Waals surface area contributed by atoms with Gasteiger partial charge in [0.1, 0.15) is 0 Å². The Morgan fingerprint density at radius 2 is 1.95 bits per heavy atom. The molecule has 20 heavy (non-hydrogen) atoms. The molecule has 0 saturated carbocycles. The van der Waals surface area contributed by atoms with Crippen LogP contribution in [0.15, 0.2) is 0 Å². The van der Waals surface area contributed by atoms with Crippen LogP contribution in [0.3, 0.4) is 0 Å². The SMILES string of the molecule is CCc1nnc(N2CCC(NS(C)(=O)=O)C2)nc1CC. The molecule has 0 bridgehead atoms. The molecule has 1 fully saturated rings. The second kappa shape index (κ2) is 6.01. The quantitative estimate of drug-likeness (QED) is 0.831. The molecule has 1 aliphatic rings. The van der Waals surface area contributed by atoms with Crippen molar-refractivity contribution < 1.29 is 8.42 Å². The predicted octanol–water partition coefficient (Wildman–Crippen LogP) is 0.124. The number of hydrogen-bond donors (Lipinski definition) is 1. The summed E-state index contributed by atoms with van der Waals surface area (Å²) in [6.07, 6.45) is 3.58. The monoisotopic (exact) mass is 299 g/mol. The van der Waals surface area contributed by atoms with Gasteiger partial charge in [-0.15, -0.1) is 5.10 Å². The van der Waals surface area contributed by atoms with Gasteiger partial charge in [0.2, 0.25) is 16.0 Å². The van der Waals surface area contributed by atoms with Crippen molar-refractivity contribution in [1.29, 1.82) is 0 Å². The van der Waals surface area contributed by atoms with Gasteiger partial charge in [0.25, 0.3) is 0 Å². The number of rotatable bonds is 5. The maximum absolute atomic E-state index is 11.2. The van der Waals surface area contributed by atoms with E-state index in [9.17, 15) is 8.42 Å². The standard InChI is InChI=1S/C12H21N5O2S/c1-4-10-11(5-2)14-15-12(13-10)17-7-6-9(8-17)16-20(3,18)19/h9,16H,4-8H2,1-3H3. The zero-order valence-electron chi connectivity index (χ0n) is 12.1. The molecule has 2 rings (SSSR count). The van der Waals surface area contributed by atoms with Crippen LogP contribution in [0, 0.1) is 0 Å². The van der Waals surface area contributed by atoms with E-state index in [2.05, 4.69) is 19.9 Å². The lowest BCUT2D eigenvalue weighted by molar-refractivity contribution is 0.567. The summed E-state index contributed by atoms with van der Waals surface area (Å²) in [5.74, 6) is 0.594. The van der Waals surface area contributed by atoms with Crippen LogP contribution in [0.2, 0.25) is 0 Å². The van der Waals surface area contributed by atoms with Crippen molar-refractivity contribution in [3.8, 4) is 0 Å². The Balaban J connectivity index is 2.10. The van der Waals surface area contributed by atoms with Crippen molar-refractivity contribution in [2.24, 2.45) is 0 Å². The fourth-order valence-electron chi connectivity index (χ4n) is 2.40. The lowest BCUT2D eigenvalue weighted by atomic mass is 10.2. The molecule has 0 aliphatic carbocycles. The summed E-state index contributed by atoms with van der Waals surface area (Å²) in [7, 11) is -3.17. The third-order valence-corrected chi connectivity index (χ3v) is 4.11. The topological polar surface area (TPSA) is 88.1 Å². The molecular weight excluding hydrogens is 278 g/mol. The van der Waals surface area contributed by atoms with Crippen molar-refractivity contribution in [3.05, 3.63) is 11.4 Å². The average Bonchev–Trinajstić information content (AvgIpc) is 2.84. The first-order chi connectivity index (χ1) is 9.43. The molecule has 1 aliphatic heterocycles. The van der Waals surface area contributed by atoms with Gasteiger partial charge < -0.3 is 4.90 Å². The molecule has 1 aromatic heterocycles. The molecule has 7 nitrogen and oxygen atoms in total. The van der Waals surface area contributed by atoms with E-state index < -0.39 is 10.0 Å². The number of nitrogens with one attached hydrogen (secondary N) is 1. The number of aromatic nitrogens is 3. The zero-order valence-corrected chi connectivity index (χ0v) is 12.9. The molecular formula is C12H21N5O2S. The Bertz CT molecular complexity index is 575. The van der Waals surface area contributed by atoms with Gasteiger partial charge in [0.15, 0.2) is 0 Å². The lowest BCUT2D eigenvalue weighted by Gasteiger charge is -2.17. The van der Waals surface area contributed by atoms with Crippen LogP contribution in [0.5, 0.6) is 0 Å². The van der Waals surface area contributed by atoms with Crippen LogP contribution >= 0.6 is 0 Å². The Morgan fingerprint density at radius 1 is 1.25 bits per heavy atom. The van der Waals surface area contributed by atoms with E-state index in [1.165, 1.54) is 6.26 Å². The van der Waals surface area contributed by atoms with E-state index in [-0.39, 0.29) is 6.04 Å². The molecule has 0 aromatic carbocycles. The van der Waals surface area contributed by atoms with E-state index in [1.54, 1.807) is 0 Å². The number of nitrogens with zero attached hydrogens (tertiary/aromatic N) is 4. The number of aryl methyl sites for hydroxylation is 2. The average molecular weight is 299 g/mol. The molecule has 1 N–H and O–H groups in total. The summed E-state index contributed by atoms with van der Waals surface area (Å²) >= 11 is 0. The van der Waals surface area contributed by atoms with Gasteiger partial charge in [-0.05, 0) is 19.3 Å². The Labute approximate surface area is 119 Å². The highest BCUT2D eigenvalue weighted by Crippen LogP contribution is 2.17. The summed E-state index contributed by atoms with van der Waals surface area (Å²) in [4.78, 5) is 6.53. The Morgan fingerprint density at radius 3 is 2.55 bits per heavy atom. The first kappa shape index (κ1) is 15.1. The minimum atomic E-state index is -3.17. The minimum Gasteiger partial charge on any atom is -0.338 e. The maximum Gasteiger partial charge on any atom is 0.245 e. The fraction of sp³-hybridized carbons (Fsp3) is 0.750. The summed E-state index contributed by atoms with van der Waals surface area (Å²) in [5, 5.41) is 8.38. The summed E-state index contributed by atoms with van der Waals surface area (Å²) < 4.78 is 25.1. The molecule has 1 aromatic rings. The highest BCUT2D eigenvalue weighted by molar-refractivity contribution is 7.88. The van der Waals surface area contributed by atoms with E-state index in [4.69, 9.17) is 0 Å². The van der Waals surface area contributed by atoms with Crippen LogP contribution in [-0.4, -0.2) is 49.0 Å². The first-order valence-electron chi connectivity index (χ1n) is 6.87. The fourth-order valence-corrected chi connectivity index (χ4v) is 3.20. The van der Waals surface area contributed by atoms with Crippen molar-refractivity contribution in [2.75, 3.05) is 24.2 Å². The Hall–Kier alpha value is -1.28. The number of sulfonamides is 1. The van der Waals surface area contributed by atoms with Gasteiger partial charge in [0.05, 0.1) is 17.6 Å². The molecule has 1 saturated heterocycles. The second-order valence-electron chi connectivity index (χ2n) is 5.03. The Kier molecular flexibility index (Phi) is 4.54. The van der Waals surface area contributed by atoms with Crippen molar-refractivity contribution >= 4 is 16.0 Å². The second-order valence-corrected chi connectivity index (χ2v) is 6.81. The molecule has 112 valence electrons.